The molecule has 0 aliphatic rings. The summed E-state index contributed by atoms with van der Waals surface area (Å²) in [5, 5.41) is 3.34. The fraction of sp³-hybridized carbons (Fsp3) is 0.500. The number of halogens is 2. The van der Waals surface area contributed by atoms with Crippen LogP contribution in [0.3, 0.4) is 0 Å². The number of benzene rings is 1. The van der Waals surface area contributed by atoms with Gasteiger partial charge in [0.05, 0.1) is 11.4 Å². The standard InChI is InChI=1S/C12H18ClFN2O2S/c1-9(2)15-6-3-7-19(17,18)16-12-5-4-10(13)8-11(12)14/h4-5,8-9,15-16H,3,6-7H2,1-2H3. The van der Waals surface area contributed by atoms with E-state index in [-0.39, 0.29) is 16.5 Å². The Morgan fingerprint density at radius 2 is 2.05 bits per heavy atom. The first-order chi connectivity index (χ1) is 8.80. The molecule has 0 aromatic heterocycles. The minimum atomic E-state index is -3.54. The maximum atomic E-state index is 13.5. The highest BCUT2D eigenvalue weighted by atomic mass is 35.5. The molecular weight excluding hydrogens is 291 g/mol. The fourth-order valence-electron chi connectivity index (χ4n) is 1.44. The van der Waals surface area contributed by atoms with E-state index in [1.165, 1.54) is 12.1 Å². The Morgan fingerprint density at radius 3 is 2.63 bits per heavy atom. The first kappa shape index (κ1) is 16.2. The highest BCUT2D eigenvalue weighted by Crippen LogP contribution is 2.20. The normalized spacial score (nSPS) is 11.8. The van der Waals surface area contributed by atoms with Gasteiger partial charge >= 0.3 is 0 Å². The predicted molar refractivity (Wildman–Crippen MR) is 76.6 cm³/mol. The molecule has 0 atom stereocenters. The molecule has 0 saturated carbocycles. The van der Waals surface area contributed by atoms with Gasteiger partial charge in [-0.3, -0.25) is 4.72 Å². The van der Waals surface area contributed by atoms with E-state index in [4.69, 9.17) is 11.6 Å². The smallest absolute Gasteiger partial charge is 0.232 e. The Balaban J connectivity index is 2.54. The van der Waals surface area contributed by atoms with Crippen LogP contribution in [0.4, 0.5) is 10.1 Å². The third kappa shape index (κ3) is 6.22. The van der Waals surface area contributed by atoms with E-state index < -0.39 is 15.8 Å². The fourth-order valence-corrected chi connectivity index (χ4v) is 2.73. The van der Waals surface area contributed by atoms with Crippen LogP contribution >= 0.6 is 11.6 Å². The Morgan fingerprint density at radius 1 is 1.37 bits per heavy atom. The molecule has 7 heteroatoms. The molecule has 0 bridgehead atoms. The molecular formula is C12H18ClFN2O2S. The van der Waals surface area contributed by atoms with Crippen LogP contribution in [0.2, 0.25) is 5.02 Å². The van der Waals surface area contributed by atoms with E-state index in [9.17, 15) is 12.8 Å². The van der Waals surface area contributed by atoms with Gasteiger partial charge in [0.25, 0.3) is 0 Å². The van der Waals surface area contributed by atoms with Crippen molar-refractivity contribution in [2.75, 3.05) is 17.0 Å². The third-order valence-electron chi connectivity index (χ3n) is 2.34. The van der Waals surface area contributed by atoms with Crippen LogP contribution in [0.1, 0.15) is 20.3 Å². The second kappa shape index (κ2) is 7.07. The van der Waals surface area contributed by atoms with Crippen LogP contribution in [0.15, 0.2) is 18.2 Å². The largest absolute Gasteiger partial charge is 0.314 e. The molecule has 4 nitrogen and oxygen atoms in total. The summed E-state index contributed by atoms with van der Waals surface area (Å²) in [4.78, 5) is 0. The van der Waals surface area contributed by atoms with Gasteiger partial charge in [-0.25, -0.2) is 12.8 Å². The summed E-state index contributed by atoms with van der Waals surface area (Å²) in [6.45, 7) is 4.56. The van der Waals surface area contributed by atoms with Gasteiger partial charge in [0.2, 0.25) is 10.0 Å². The summed E-state index contributed by atoms with van der Waals surface area (Å²) in [6, 6.07) is 4.12. The summed E-state index contributed by atoms with van der Waals surface area (Å²) in [7, 11) is -3.54. The van der Waals surface area contributed by atoms with Crippen molar-refractivity contribution in [1.29, 1.82) is 0 Å². The molecule has 2 N–H and O–H groups in total. The zero-order valence-electron chi connectivity index (χ0n) is 10.9. The lowest BCUT2D eigenvalue weighted by atomic mass is 10.3. The van der Waals surface area contributed by atoms with E-state index in [0.29, 0.717) is 19.0 Å². The Hall–Kier alpha value is -0.850. The average Bonchev–Trinajstić information content (AvgIpc) is 2.28. The summed E-state index contributed by atoms with van der Waals surface area (Å²) in [5.41, 5.74) is -0.0822. The molecule has 0 heterocycles. The summed E-state index contributed by atoms with van der Waals surface area (Å²) in [5.74, 6) is -0.745. The van der Waals surface area contributed by atoms with Crippen molar-refractivity contribution in [1.82, 2.24) is 5.32 Å². The van der Waals surface area contributed by atoms with E-state index in [1.807, 2.05) is 13.8 Å². The van der Waals surface area contributed by atoms with Crippen LogP contribution in [0, 0.1) is 5.82 Å². The Bertz CT molecular complexity index is 520. The first-order valence-corrected chi connectivity index (χ1v) is 8.02. The topological polar surface area (TPSA) is 58.2 Å². The highest BCUT2D eigenvalue weighted by molar-refractivity contribution is 7.92. The monoisotopic (exact) mass is 308 g/mol. The highest BCUT2D eigenvalue weighted by Gasteiger charge is 2.13. The van der Waals surface area contributed by atoms with Crippen LogP contribution in [0.5, 0.6) is 0 Å². The third-order valence-corrected chi connectivity index (χ3v) is 3.93. The van der Waals surface area contributed by atoms with E-state index in [2.05, 4.69) is 10.0 Å². The Kier molecular flexibility index (Phi) is 6.03. The summed E-state index contributed by atoms with van der Waals surface area (Å²) >= 11 is 5.59. The zero-order valence-corrected chi connectivity index (χ0v) is 12.5. The molecule has 0 amide bonds. The quantitative estimate of drug-likeness (QED) is 0.761. The van der Waals surface area contributed by atoms with Gasteiger partial charge in [0, 0.05) is 11.1 Å². The molecule has 1 rings (SSSR count). The van der Waals surface area contributed by atoms with Crippen molar-refractivity contribution in [2.45, 2.75) is 26.3 Å². The van der Waals surface area contributed by atoms with Gasteiger partial charge in [-0.1, -0.05) is 25.4 Å². The number of hydrogen-bond acceptors (Lipinski definition) is 3. The minimum Gasteiger partial charge on any atom is -0.314 e. The molecule has 108 valence electrons. The molecule has 0 fully saturated rings. The first-order valence-electron chi connectivity index (χ1n) is 5.99. The number of anilines is 1. The minimum absolute atomic E-state index is 0.0607. The van der Waals surface area contributed by atoms with Gasteiger partial charge in [-0.2, -0.15) is 0 Å². The molecule has 0 unspecified atom stereocenters. The van der Waals surface area contributed by atoms with Gasteiger partial charge in [0.15, 0.2) is 0 Å². The summed E-state index contributed by atoms with van der Waals surface area (Å²) < 4.78 is 39.2. The molecule has 1 aromatic rings. The lowest BCUT2D eigenvalue weighted by molar-refractivity contribution is 0.570. The maximum Gasteiger partial charge on any atom is 0.232 e. The average molecular weight is 309 g/mol. The Labute approximate surface area is 118 Å². The van der Waals surface area contributed by atoms with Crippen LogP contribution < -0.4 is 10.0 Å². The molecule has 0 spiro atoms. The van der Waals surface area contributed by atoms with E-state index in [0.717, 1.165) is 6.07 Å². The number of sulfonamides is 1. The summed E-state index contributed by atoms with van der Waals surface area (Å²) in [6.07, 6.45) is 0.461. The second-order valence-electron chi connectivity index (χ2n) is 4.51. The van der Waals surface area contributed by atoms with Gasteiger partial charge in [-0.15, -0.1) is 0 Å². The SMILES string of the molecule is CC(C)NCCCS(=O)(=O)Nc1ccc(Cl)cc1F. The van der Waals surface area contributed by atoms with Crippen molar-refractivity contribution in [3.63, 3.8) is 0 Å². The van der Waals surface area contributed by atoms with E-state index in [1.54, 1.807) is 0 Å². The van der Waals surface area contributed by atoms with Crippen LogP contribution in [-0.4, -0.2) is 26.8 Å². The molecule has 0 aliphatic carbocycles. The molecule has 0 saturated heterocycles. The molecule has 19 heavy (non-hydrogen) atoms. The zero-order chi connectivity index (χ0) is 14.5. The van der Waals surface area contributed by atoms with Gasteiger partial charge in [-0.05, 0) is 31.2 Å². The van der Waals surface area contributed by atoms with Crippen molar-refractivity contribution in [3.05, 3.63) is 29.0 Å². The van der Waals surface area contributed by atoms with Crippen molar-refractivity contribution < 1.29 is 12.8 Å². The van der Waals surface area contributed by atoms with Gasteiger partial charge in [0.1, 0.15) is 5.82 Å². The molecule has 1 aromatic carbocycles. The number of rotatable bonds is 7. The number of hydrogen-bond donors (Lipinski definition) is 2. The van der Waals surface area contributed by atoms with Crippen molar-refractivity contribution in [3.8, 4) is 0 Å². The second-order valence-corrected chi connectivity index (χ2v) is 6.79. The number of nitrogens with one attached hydrogen (secondary N) is 2. The van der Waals surface area contributed by atoms with E-state index >= 15 is 0 Å². The molecule has 0 radical (unpaired) electrons. The van der Waals surface area contributed by atoms with Crippen molar-refractivity contribution >= 4 is 27.3 Å². The lowest BCUT2D eigenvalue weighted by Gasteiger charge is -2.10. The van der Waals surface area contributed by atoms with Crippen LogP contribution in [-0.2, 0) is 10.0 Å². The lowest BCUT2D eigenvalue weighted by Crippen LogP contribution is -2.26. The van der Waals surface area contributed by atoms with Crippen LogP contribution in [0.25, 0.3) is 0 Å². The predicted octanol–water partition coefficient (Wildman–Crippen LogP) is 2.61. The van der Waals surface area contributed by atoms with Gasteiger partial charge < -0.3 is 5.32 Å². The maximum absolute atomic E-state index is 13.5. The molecule has 0 aliphatic heterocycles. The van der Waals surface area contributed by atoms with Crippen molar-refractivity contribution in [2.24, 2.45) is 0 Å².